The van der Waals surface area contributed by atoms with Crippen LogP contribution < -0.4 is 5.32 Å². The van der Waals surface area contributed by atoms with Crippen LogP contribution in [0.25, 0.3) is 10.8 Å². The molecule has 0 radical (unpaired) electrons. The molecule has 1 aliphatic rings. The third-order valence-electron chi connectivity index (χ3n) is 4.99. The summed E-state index contributed by atoms with van der Waals surface area (Å²) in [6.07, 6.45) is 1.10. The zero-order valence-electron chi connectivity index (χ0n) is 14.0. The van der Waals surface area contributed by atoms with Gasteiger partial charge in [0.1, 0.15) is 0 Å². The normalized spacial score (nSPS) is 18.8. The molecular weight excluding hydrogens is 292 g/mol. The van der Waals surface area contributed by atoms with Gasteiger partial charge in [-0.2, -0.15) is 0 Å². The van der Waals surface area contributed by atoms with Crippen LogP contribution in [-0.2, 0) is 13.0 Å². The smallest absolute Gasteiger partial charge is 0.0265 e. The Hall–Kier alpha value is -2.16. The molecule has 0 aromatic heterocycles. The van der Waals surface area contributed by atoms with Crippen molar-refractivity contribution >= 4 is 10.8 Å². The highest BCUT2D eigenvalue weighted by Gasteiger charge is 2.22. The minimum atomic E-state index is 0.556. The van der Waals surface area contributed by atoms with Crippen LogP contribution in [0.2, 0.25) is 0 Å². The van der Waals surface area contributed by atoms with Gasteiger partial charge in [-0.25, -0.2) is 0 Å². The number of fused-ring (bicyclic) bond motifs is 1. The first-order valence-corrected chi connectivity index (χ1v) is 8.85. The molecule has 2 heteroatoms. The molecule has 1 heterocycles. The number of rotatable bonds is 4. The Morgan fingerprint density at radius 2 is 1.62 bits per heavy atom. The van der Waals surface area contributed by atoms with E-state index in [1.807, 2.05) is 0 Å². The van der Waals surface area contributed by atoms with Crippen LogP contribution in [-0.4, -0.2) is 30.6 Å². The van der Waals surface area contributed by atoms with Gasteiger partial charge in [0, 0.05) is 32.2 Å². The van der Waals surface area contributed by atoms with Crippen LogP contribution in [0, 0.1) is 0 Å². The molecule has 0 aliphatic carbocycles. The summed E-state index contributed by atoms with van der Waals surface area (Å²) >= 11 is 0. The van der Waals surface area contributed by atoms with Crippen molar-refractivity contribution in [1.82, 2.24) is 10.2 Å². The van der Waals surface area contributed by atoms with Gasteiger partial charge < -0.3 is 5.32 Å². The van der Waals surface area contributed by atoms with Gasteiger partial charge in [0.2, 0.25) is 0 Å². The van der Waals surface area contributed by atoms with E-state index in [0.717, 1.165) is 32.6 Å². The Morgan fingerprint density at radius 1 is 0.833 bits per heavy atom. The number of benzene rings is 3. The molecule has 24 heavy (non-hydrogen) atoms. The van der Waals surface area contributed by atoms with Gasteiger partial charge >= 0.3 is 0 Å². The van der Waals surface area contributed by atoms with Crippen molar-refractivity contribution < 1.29 is 0 Å². The van der Waals surface area contributed by atoms with E-state index in [9.17, 15) is 0 Å². The number of piperazine rings is 1. The lowest BCUT2D eigenvalue weighted by Gasteiger charge is -2.36. The van der Waals surface area contributed by atoms with E-state index in [2.05, 4.69) is 83.0 Å². The van der Waals surface area contributed by atoms with Crippen LogP contribution in [0.3, 0.4) is 0 Å². The van der Waals surface area contributed by atoms with Gasteiger partial charge in [0.05, 0.1) is 0 Å². The first kappa shape index (κ1) is 15.4. The van der Waals surface area contributed by atoms with Crippen LogP contribution in [0.5, 0.6) is 0 Å². The van der Waals surface area contributed by atoms with Gasteiger partial charge in [-0.3, -0.25) is 4.90 Å². The summed E-state index contributed by atoms with van der Waals surface area (Å²) in [4.78, 5) is 2.63. The Labute approximate surface area is 144 Å². The number of nitrogens with one attached hydrogen (secondary N) is 1. The van der Waals surface area contributed by atoms with E-state index in [1.54, 1.807) is 0 Å². The van der Waals surface area contributed by atoms with Crippen molar-refractivity contribution in [2.45, 2.75) is 19.0 Å². The fourth-order valence-corrected chi connectivity index (χ4v) is 3.67. The molecule has 1 atom stereocenters. The maximum atomic E-state index is 3.57. The predicted molar refractivity (Wildman–Crippen MR) is 101 cm³/mol. The molecule has 1 aliphatic heterocycles. The zero-order chi connectivity index (χ0) is 16.2. The van der Waals surface area contributed by atoms with E-state index in [4.69, 9.17) is 0 Å². The second-order valence-corrected chi connectivity index (χ2v) is 6.70. The molecule has 3 aromatic carbocycles. The largest absolute Gasteiger partial charge is 0.314 e. The summed E-state index contributed by atoms with van der Waals surface area (Å²) in [5, 5.41) is 6.23. The molecule has 2 nitrogen and oxygen atoms in total. The summed E-state index contributed by atoms with van der Waals surface area (Å²) in [6, 6.07) is 26.9. The number of hydrogen-bond acceptors (Lipinski definition) is 2. The van der Waals surface area contributed by atoms with Gasteiger partial charge in [-0.1, -0.05) is 72.8 Å². The summed E-state index contributed by atoms with van der Waals surface area (Å²) in [6.45, 7) is 4.31. The third-order valence-corrected chi connectivity index (χ3v) is 4.99. The molecule has 0 saturated carbocycles. The Bertz CT molecular complexity index is 797. The summed E-state index contributed by atoms with van der Waals surface area (Å²) < 4.78 is 0. The molecule has 1 fully saturated rings. The lowest BCUT2D eigenvalue weighted by atomic mass is 9.99. The molecule has 122 valence electrons. The minimum Gasteiger partial charge on any atom is -0.314 e. The monoisotopic (exact) mass is 316 g/mol. The SMILES string of the molecule is c1ccc(CN2CCNCC2Cc2ccc3ccccc3c2)cc1. The third kappa shape index (κ3) is 3.50. The van der Waals surface area contributed by atoms with Crippen molar-refractivity contribution in [3.05, 3.63) is 83.9 Å². The molecule has 0 amide bonds. The van der Waals surface area contributed by atoms with Gasteiger partial charge in [-0.15, -0.1) is 0 Å². The fourth-order valence-electron chi connectivity index (χ4n) is 3.67. The van der Waals surface area contributed by atoms with Gasteiger partial charge in [0.25, 0.3) is 0 Å². The molecule has 1 saturated heterocycles. The highest BCUT2D eigenvalue weighted by molar-refractivity contribution is 5.83. The van der Waals surface area contributed by atoms with Crippen LogP contribution in [0.15, 0.2) is 72.8 Å². The second-order valence-electron chi connectivity index (χ2n) is 6.70. The van der Waals surface area contributed by atoms with Crippen molar-refractivity contribution in [2.75, 3.05) is 19.6 Å². The van der Waals surface area contributed by atoms with Crippen molar-refractivity contribution in [1.29, 1.82) is 0 Å². The fraction of sp³-hybridized carbons (Fsp3) is 0.273. The molecule has 0 bridgehead atoms. The maximum absolute atomic E-state index is 3.57. The van der Waals surface area contributed by atoms with E-state index in [-0.39, 0.29) is 0 Å². The molecule has 1 unspecified atom stereocenters. The van der Waals surface area contributed by atoms with Crippen LogP contribution >= 0.6 is 0 Å². The van der Waals surface area contributed by atoms with Gasteiger partial charge in [0.15, 0.2) is 0 Å². The van der Waals surface area contributed by atoms with Crippen LogP contribution in [0.4, 0.5) is 0 Å². The van der Waals surface area contributed by atoms with E-state index in [0.29, 0.717) is 6.04 Å². The zero-order valence-corrected chi connectivity index (χ0v) is 14.0. The maximum Gasteiger partial charge on any atom is 0.0265 e. The topological polar surface area (TPSA) is 15.3 Å². The summed E-state index contributed by atoms with van der Waals surface area (Å²) in [7, 11) is 0. The second kappa shape index (κ2) is 7.16. The Morgan fingerprint density at radius 3 is 2.50 bits per heavy atom. The average Bonchev–Trinajstić information content (AvgIpc) is 2.64. The molecule has 4 rings (SSSR count). The lowest BCUT2D eigenvalue weighted by Crippen LogP contribution is -2.51. The Balaban J connectivity index is 1.51. The highest BCUT2D eigenvalue weighted by atomic mass is 15.2. The number of hydrogen-bond donors (Lipinski definition) is 1. The quantitative estimate of drug-likeness (QED) is 0.786. The standard InChI is InChI=1S/C22H24N2/c1-2-6-18(7-3-1)17-24-13-12-23-16-22(24)15-19-10-11-20-8-4-5-9-21(20)14-19/h1-11,14,22-23H,12-13,15-17H2. The molecular formula is C22H24N2. The molecule has 1 N–H and O–H groups in total. The summed E-state index contributed by atoms with van der Waals surface area (Å²) in [5.74, 6) is 0. The lowest BCUT2D eigenvalue weighted by molar-refractivity contribution is 0.152. The summed E-state index contributed by atoms with van der Waals surface area (Å²) in [5.41, 5.74) is 2.84. The van der Waals surface area contributed by atoms with Crippen molar-refractivity contribution in [3.63, 3.8) is 0 Å². The molecule has 0 spiro atoms. The molecule has 3 aromatic rings. The average molecular weight is 316 g/mol. The number of nitrogens with zero attached hydrogens (tertiary/aromatic N) is 1. The van der Waals surface area contributed by atoms with E-state index < -0.39 is 0 Å². The van der Waals surface area contributed by atoms with Gasteiger partial charge in [-0.05, 0) is 28.3 Å². The predicted octanol–water partition coefficient (Wildman–Crippen LogP) is 3.86. The van der Waals surface area contributed by atoms with E-state index >= 15 is 0 Å². The van der Waals surface area contributed by atoms with Crippen LogP contribution in [0.1, 0.15) is 11.1 Å². The minimum absolute atomic E-state index is 0.556. The highest BCUT2D eigenvalue weighted by Crippen LogP contribution is 2.19. The van der Waals surface area contributed by atoms with E-state index in [1.165, 1.54) is 21.9 Å². The van der Waals surface area contributed by atoms with Crippen molar-refractivity contribution in [3.8, 4) is 0 Å². The first-order valence-electron chi connectivity index (χ1n) is 8.85. The first-order chi connectivity index (χ1) is 11.9. The van der Waals surface area contributed by atoms with Crippen molar-refractivity contribution in [2.24, 2.45) is 0 Å². The Kier molecular flexibility index (Phi) is 4.59.